The highest BCUT2D eigenvalue weighted by Crippen LogP contribution is 2.11. The summed E-state index contributed by atoms with van der Waals surface area (Å²) < 4.78 is 0. The van der Waals surface area contributed by atoms with Crippen LogP contribution < -0.4 is 16.4 Å². The van der Waals surface area contributed by atoms with E-state index in [1.165, 1.54) is 0 Å². The van der Waals surface area contributed by atoms with Crippen molar-refractivity contribution in [2.24, 2.45) is 11.7 Å². The maximum Gasteiger partial charge on any atom is 0.224 e. The summed E-state index contributed by atoms with van der Waals surface area (Å²) >= 11 is 0. The van der Waals surface area contributed by atoms with E-state index in [2.05, 4.69) is 10.6 Å². The van der Waals surface area contributed by atoms with Crippen LogP contribution in [0.15, 0.2) is 0 Å². The molecule has 1 aliphatic heterocycles. The first-order valence-corrected chi connectivity index (χ1v) is 5.28. The van der Waals surface area contributed by atoms with Crippen molar-refractivity contribution in [1.29, 1.82) is 0 Å². The Morgan fingerprint density at radius 3 is 2.86 bits per heavy atom. The third kappa shape index (κ3) is 3.27. The standard InChI is InChI=1S/C10H21N3O/c1-10(2,7-11)13-9(14)8-4-3-5-12-6-8/h8,12H,3-7,11H2,1-2H3,(H,13,14)/t8-/m1/s1. The molecule has 1 saturated heterocycles. The van der Waals surface area contributed by atoms with Crippen molar-refractivity contribution < 1.29 is 4.79 Å². The molecule has 4 nitrogen and oxygen atoms in total. The Bertz CT molecular complexity index is 198. The molecule has 1 rings (SSSR count). The number of hydrogen-bond donors (Lipinski definition) is 3. The molecular weight excluding hydrogens is 178 g/mol. The fourth-order valence-corrected chi connectivity index (χ4v) is 1.56. The third-order valence-corrected chi connectivity index (χ3v) is 2.64. The van der Waals surface area contributed by atoms with E-state index in [-0.39, 0.29) is 17.4 Å². The zero-order valence-electron chi connectivity index (χ0n) is 9.10. The largest absolute Gasteiger partial charge is 0.350 e. The van der Waals surface area contributed by atoms with E-state index in [1.54, 1.807) is 0 Å². The van der Waals surface area contributed by atoms with Crippen molar-refractivity contribution in [1.82, 2.24) is 10.6 Å². The predicted octanol–water partition coefficient (Wildman–Crippen LogP) is -0.160. The average Bonchev–Trinajstić information content (AvgIpc) is 2.19. The van der Waals surface area contributed by atoms with E-state index in [0.717, 1.165) is 25.9 Å². The lowest BCUT2D eigenvalue weighted by molar-refractivity contribution is -0.127. The molecule has 0 aromatic carbocycles. The minimum Gasteiger partial charge on any atom is -0.350 e. The number of carbonyl (C=O) groups is 1. The Labute approximate surface area is 85.6 Å². The quantitative estimate of drug-likeness (QED) is 0.591. The highest BCUT2D eigenvalue weighted by molar-refractivity contribution is 5.79. The minimum atomic E-state index is -0.283. The van der Waals surface area contributed by atoms with Gasteiger partial charge in [-0.15, -0.1) is 0 Å². The van der Waals surface area contributed by atoms with Crippen LogP contribution in [-0.4, -0.2) is 31.1 Å². The molecule has 0 bridgehead atoms. The van der Waals surface area contributed by atoms with Gasteiger partial charge >= 0.3 is 0 Å². The zero-order valence-corrected chi connectivity index (χ0v) is 9.10. The number of rotatable bonds is 3. The Balaban J connectivity index is 2.40. The Kier molecular flexibility index (Phi) is 3.89. The SMILES string of the molecule is CC(C)(CN)NC(=O)[C@@H]1CCCNC1. The van der Waals surface area contributed by atoms with Crippen LogP contribution in [0.1, 0.15) is 26.7 Å². The molecule has 0 spiro atoms. The van der Waals surface area contributed by atoms with E-state index < -0.39 is 0 Å². The number of carbonyl (C=O) groups excluding carboxylic acids is 1. The van der Waals surface area contributed by atoms with Crippen molar-refractivity contribution in [3.05, 3.63) is 0 Å². The summed E-state index contributed by atoms with van der Waals surface area (Å²) in [4.78, 5) is 11.8. The van der Waals surface area contributed by atoms with Gasteiger partial charge in [0.2, 0.25) is 5.91 Å². The van der Waals surface area contributed by atoms with Gasteiger partial charge in [-0.2, -0.15) is 0 Å². The average molecular weight is 199 g/mol. The molecule has 1 amide bonds. The zero-order chi connectivity index (χ0) is 10.6. The summed E-state index contributed by atoms with van der Waals surface area (Å²) in [7, 11) is 0. The van der Waals surface area contributed by atoms with Gasteiger partial charge in [0.05, 0.1) is 5.92 Å². The van der Waals surface area contributed by atoms with Crippen LogP contribution in [0.3, 0.4) is 0 Å². The first kappa shape index (κ1) is 11.5. The molecule has 14 heavy (non-hydrogen) atoms. The van der Waals surface area contributed by atoms with Crippen molar-refractivity contribution in [2.45, 2.75) is 32.2 Å². The molecule has 1 heterocycles. The van der Waals surface area contributed by atoms with Crippen molar-refractivity contribution in [3.63, 3.8) is 0 Å². The van der Waals surface area contributed by atoms with Crippen LogP contribution in [-0.2, 0) is 4.79 Å². The normalized spacial score (nSPS) is 23.2. The number of nitrogens with two attached hydrogens (primary N) is 1. The molecule has 82 valence electrons. The van der Waals surface area contributed by atoms with Crippen LogP contribution in [0.25, 0.3) is 0 Å². The second-order valence-electron chi connectivity index (χ2n) is 4.62. The molecular formula is C10H21N3O. The number of nitrogens with one attached hydrogen (secondary N) is 2. The molecule has 4 N–H and O–H groups in total. The smallest absolute Gasteiger partial charge is 0.224 e. The molecule has 4 heteroatoms. The van der Waals surface area contributed by atoms with Crippen molar-refractivity contribution >= 4 is 5.91 Å². The topological polar surface area (TPSA) is 67.1 Å². The summed E-state index contributed by atoms with van der Waals surface area (Å²) in [5.41, 5.74) is 5.27. The fraction of sp³-hybridized carbons (Fsp3) is 0.900. The lowest BCUT2D eigenvalue weighted by Gasteiger charge is -2.29. The summed E-state index contributed by atoms with van der Waals surface area (Å²) in [6.45, 7) is 6.19. The van der Waals surface area contributed by atoms with Gasteiger partial charge in [0.1, 0.15) is 0 Å². The second kappa shape index (κ2) is 4.75. The van der Waals surface area contributed by atoms with Gasteiger partial charge < -0.3 is 16.4 Å². The number of amides is 1. The Hall–Kier alpha value is -0.610. The van der Waals surface area contributed by atoms with Crippen LogP contribution in [0.4, 0.5) is 0 Å². The van der Waals surface area contributed by atoms with Gasteiger partial charge in [-0.3, -0.25) is 4.79 Å². The highest BCUT2D eigenvalue weighted by atomic mass is 16.2. The third-order valence-electron chi connectivity index (χ3n) is 2.64. The first-order chi connectivity index (χ1) is 6.55. The van der Waals surface area contributed by atoms with Crippen LogP contribution >= 0.6 is 0 Å². The van der Waals surface area contributed by atoms with E-state index >= 15 is 0 Å². The number of hydrogen-bond acceptors (Lipinski definition) is 3. The first-order valence-electron chi connectivity index (χ1n) is 5.28. The van der Waals surface area contributed by atoms with Crippen molar-refractivity contribution in [3.8, 4) is 0 Å². The predicted molar refractivity (Wildman–Crippen MR) is 56.9 cm³/mol. The fourth-order valence-electron chi connectivity index (χ4n) is 1.56. The molecule has 1 aliphatic rings. The van der Waals surface area contributed by atoms with Gasteiger partial charge in [0.15, 0.2) is 0 Å². The maximum atomic E-state index is 11.8. The van der Waals surface area contributed by atoms with E-state index in [4.69, 9.17) is 5.73 Å². The van der Waals surface area contributed by atoms with Crippen molar-refractivity contribution in [2.75, 3.05) is 19.6 Å². The minimum absolute atomic E-state index is 0.120. The molecule has 0 unspecified atom stereocenters. The summed E-state index contributed by atoms with van der Waals surface area (Å²) in [6.07, 6.45) is 2.07. The van der Waals surface area contributed by atoms with E-state index in [1.807, 2.05) is 13.8 Å². The van der Waals surface area contributed by atoms with Gasteiger partial charge in [0, 0.05) is 18.6 Å². The van der Waals surface area contributed by atoms with Gasteiger partial charge in [-0.1, -0.05) is 0 Å². The molecule has 1 atom stereocenters. The molecule has 0 aliphatic carbocycles. The van der Waals surface area contributed by atoms with Crippen LogP contribution in [0.2, 0.25) is 0 Å². The highest BCUT2D eigenvalue weighted by Gasteiger charge is 2.25. The van der Waals surface area contributed by atoms with E-state index in [9.17, 15) is 4.79 Å². The monoisotopic (exact) mass is 199 g/mol. The molecule has 1 fully saturated rings. The van der Waals surface area contributed by atoms with Gasteiger partial charge in [-0.25, -0.2) is 0 Å². The molecule has 0 radical (unpaired) electrons. The molecule has 0 saturated carbocycles. The Morgan fingerprint density at radius 1 is 1.64 bits per heavy atom. The van der Waals surface area contributed by atoms with Gasteiger partial charge in [-0.05, 0) is 33.2 Å². The second-order valence-corrected chi connectivity index (χ2v) is 4.62. The maximum absolute atomic E-state index is 11.8. The summed E-state index contributed by atoms with van der Waals surface area (Å²) in [6, 6.07) is 0. The Morgan fingerprint density at radius 2 is 2.36 bits per heavy atom. The summed E-state index contributed by atoms with van der Waals surface area (Å²) in [5, 5.41) is 6.20. The van der Waals surface area contributed by atoms with Crippen LogP contribution in [0, 0.1) is 5.92 Å². The van der Waals surface area contributed by atoms with E-state index in [0.29, 0.717) is 6.54 Å². The molecule has 0 aromatic rings. The lowest BCUT2D eigenvalue weighted by Crippen LogP contribution is -2.52. The van der Waals surface area contributed by atoms with Crippen LogP contribution in [0.5, 0.6) is 0 Å². The lowest BCUT2D eigenvalue weighted by atomic mass is 9.96. The summed E-state index contributed by atoms with van der Waals surface area (Å²) in [5.74, 6) is 0.252. The molecule has 0 aromatic heterocycles. The van der Waals surface area contributed by atoms with Gasteiger partial charge in [0.25, 0.3) is 0 Å². The number of piperidine rings is 1.